The van der Waals surface area contributed by atoms with Gasteiger partial charge in [-0.1, -0.05) is 18.2 Å². The first-order valence-corrected chi connectivity index (χ1v) is 7.20. The van der Waals surface area contributed by atoms with E-state index in [0.717, 1.165) is 5.56 Å². The Bertz CT molecular complexity index is 561. The molecular weight excluding hydrogens is 270 g/mol. The summed E-state index contributed by atoms with van der Waals surface area (Å²) in [6.45, 7) is 1.69. The number of hydrogen-bond donors (Lipinski definition) is 4. The van der Waals surface area contributed by atoms with Gasteiger partial charge in [0.05, 0.1) is 12.0 Å². The topological polar surface area (TPSA) is 90.5 Å². The summed E-state index contributed by atoms with van der Waals surface area (Å²) >= 11 is 0. The SMILES string of the molecule is O=C1CC(C(=O)NCC2CNCC2O)c2ccccc2N1. The summed E-state index contributed by atoms with van der Waals surface area (Å²) in [6, 6.07) is 7.36. The van der Waals surface area contributed by atoms with Crippen molar-refractivity contribution in [1.82, 2.24) is 10.6 Å². The molecule has 6 heteroatoms. The van der Waals surface area contributed by atoms with E-state index in [4.69, 9.17) is 0 Å². The lowest BCUT2D eigenvalue weighted by molar-refractivity contribution is -0.126. The van der Waals surface area contributed by atoms with Gasteiger partial charge in [-0.05, 0) is 11.6 Å². The molecule has 1 fully saturated rings. The van der Waals surface area contributed by atoms with Crippen LogP contribution >= 0.6 is 0 Å². The fraction of sp³-hybridized carbons (Fsp3) is 0.467. The number of carbonyl (C=O) groups excluding carboxylic acids is 2. The third kappa shape index (κ3) is 2.91. The van der Waals surface area contributed by atoms with Crippen molar-refractivity contribution in [3.63, 3.8) is 0 Å². The maximum atomic E-state index is 12.4. The van der Waals surface area contributed by atoms with Crippen LogP contribution in [0.4, 0.5) is 5.69 Å². The van der Waals surface area contributed by atoms with E-state index in [2.05, 4.69) is 16.0 Å². The van der Waals surface area contributed by atoms with Crippen molar-refractivity contribution < 1.29 is 14.7 Å². The number of aliphatic hydroxyl groups excluding tert-OH is 1. The molecule has 2 aliphatic rings. The molecule has 1 aromatic rings. The molecule has 1 aromatic carbocycles. The minimum atomic E-state index is -0.457. The highest BCUT2D eigenvalue weighted by atomic mass is 16.3. The Hall–Kier alpha value is -1.92. The summed E-state index contributed by atoms with van der Waals surface area (Å²) in [5, 5.41) is 18.5. The second kappa shape index (κ2) is 5.83. The maximum Gasteiger partial charge on any atom is 0.228 e. The van der Waals surface area contributed by atoms with Crippen molar-refractivity contribution in [2.45, 2.75) is 18.4 Å². The minimum absolute atomic E-state index is 0.0293. The molecule has 0 bridgehead atoms. The van der Waals surface area contributed by atoms with Crippen LogP contribution in [-0.4, -0.2) is 42.7 Å². The molecular formula is C15H19N3O3. The van der Waals surface area contributed by atoms with Crippen LogP contribution < -0.4 is 16.0 Å². The third-order valence-corrected chi connectivity index (χ3v) is 4.16. The average molecular weight is 289 g/mol. The Morgan fingerprint density at radius 1 is 1.33 bits per heavy atom. The predicted octanol–water partition coefficient (Wildman–Crippen LogP) is -0.191. The Morgan fingerprint density at radius 3 is 2.90 bits per heavy atom. The fourth-order valence-corrected chi connectivity index (χ4v) is 2.93. The molecule has 3 unspecified atom stereocenters. The number of β-amino-alcohol motifs (C(OH)–C–C–N with tert-alkyl or cyclic N) is 1. The number of amides is 2. The van der Waals surface area contributed by atoms with Crippen molar-refractivity contribution >= 4 is 17.5 Å². The molecule has 0 radical (unpaired) electrons. The van der Waals surface area contributed by atoms with Crippen LogP contribution in [-0.2, 0) is 9.59 Å². The van der Waals surface area contributed by atoms with Gasteiger partial charge in [0.1, 0.15) is 0 Å². The number of fused-ring (bicyclic) bond motifs is 1. The highest BCUT2D eigenvalue weighted by molar-refractivity contribution is 6.01. The van der Waals surface area contributed by atoms with Gasteiger partial charge >= 0.3 is 0 Å². The first-order valence-electron chi connectivity index (χ1n) is 7.20. The summed E-state index contributed by atoms with van der Waals surface area (Å²) in [5.74, 6) is -0.726. The lowest BCUT2D eigenvalue weighted by Crippen LogP contribution is -2.39. The van der Waals surface area contributed by atoms with E-state index < -0.39 is 12.0 Å². The van der Waals surface area contributed by atoms with Gasteiger partial charge in [-0.2, -0.15) is 0 Å². The molecule has 0 spiro atoms. The Balaban J connectivity index is 1.68. The van der Waals surface area contributed by atoms with E-state index in [1.54, 1.807) is 6.07 Å². The van der Waals surface area contributed by atoms with Gasteiger partial charge in [0.2, 0.25) is 11.8 Å². The first kappa shape index (κ1) is 14.0. The smallest absolute Gasteiger partial charge is 0.228 e. The van der Waals surface area contributed by atoms with Crippen LogP contribution in [0.3, 0.4) is 0 Å². The molecule has 3 rings (SSSR count). The number of anilines is 1. The molecule has 2 amide bonds. The Kier molecular flexibility index (Phi) is 3.90. The molecule has 2 heterocycles. The number of aliphatic hydroxyl groups is 1. The van der Waals surface area contributed by atoms with Crippen LogP contribution in [0.1, 0.15) is 17.9 Å². The zero-order chi connectivity index (χ0) is 14.8. The van der Waals surface area contributed by atoms with Crippen LogP contribution in [0.25, 0.3) is 0 Å². The van der Waals surface area contributed by atoms with E-state index in [0.29, 0.717) is 25.3 Å². The van der Waals surface area contributed by atoms with Crippen molar-refractivity contribution in [3.8, 4) is 0 Å². The van der Waals surface area contributed by atoms with Gasteiger partial charge < -0.3 is 21.1 Å². The van der Waals surface area contributed by atoms with E-state index >= 15 is 0 Å². The molecule has 0 saturated carbocycles. The average Bonchev–Trinajstić information content (AvgIpc) is 2.89. The van der Waals surface area contributed by atoms with Gasteiger partial charge in [-0.3, -0.25) is 9.59 Å². The van der Waals surface area contributed by atoms with Gasteiger partial charge in [0.25, 0.3) is 0 Å². The zero-order valence-electron chi connectivity index (χ0n) is 11.6. The lowest BCUT2D eigenvalue weighted by Gasteiger charge is -2.25. The van der Waals surface area contributed by atoms with Gasteiger partial charge in [-0.25, -0.2) is 0 Å². The van der Waals surface area contributed by atoms with E-state index in [9.17, 15) is 14.7 Å². The van der Waals surface area contributed by atoms with Crippen LogP contribution in [0, 0.1) is 5.92 Å². The molecule has 6 nitrogen and oxygen atoms in total. The lowest BCUT2D eigenvalue weighted by atomic mass is 9.89. The molecule has 4 N–H and O–H groups in total. The minimum Gasteiger partial charge on any atom is -0.391 e. The summed E-state index contributed by atoms with van der Waals surface area (Å²) in [5.41, 5.74) is 1.55. The maximum absolute atomic E-state index is 12.4. The van der Waals surface area contributed by atoms with Gasteiger partial charge in [0, 0.05) is 37.7 Å². The highest BCUT2D eigenvalue weighted by Gasteiger charge is 2.31. The fourth-order valence-electron chi connectivity index (χ4n) is 2.93. The number of rotatable bonds is 3. The van der Waals surface area contributed by atoms with Gasteiger partial charge in [-0.15, -0.1) is 0 Å². The monoisotopic (exact) mass is 289 g/mol. The number of hydrogen-bond acceptors (Lipinski definition) is 4. The molecule has 112 valence electrons. The number of nitrogens with one attached hydrogen (secondary N) is 3. The van der Waals surface area contributed by atoms with E-state index in [1.807, 2.05) is 18.2 Å². The van der Waals surface area contributed by atoms with Crippen molar-refractivity contribution in [1.29, 1.82) is 0 Å². The molecule has 1 saturated heterocycles. The Labute approximate surface area is 122 Å². The second-order valence-electron chi connectivity index (χ2n) is 5.62. The van der Waals surface area contributed by atoms with Crippen molar-refractivity contribution in [2.75, 3.05) is 25.0 Å². The van der Waals surface area contributed by atoms with E-state index in [1.165, 1.54) is 0 Å². The normalized spacial score (nSPS) is 27.9. The first-order chi connectivity index (χ1) is 10.1. The summed E-state index contributed by atoms with van der Waals surface area (Å²) < 4.78 is 0. The molecule has 21 heavy (non-hydrogen) atoms. The number of benzene rings is 1. The van der Waals surface area contributed by atoms with Crippen LogP contribution in [0.2, 0.25) is 0 Å². The Morgan fingerprint density at radius 2 is 2.14 bits per heavy atom. The largest absolute Gasteiger partial charge is 0.391 e. The molecule has 2 aliphatic heterocycles. The van der Waals surface area contributed by atoms with Crippen LogP contribution in [0.5, 0.6) is 0 Å². The summed E-state index contributed by atoms with van der Waals surface area (Å²) in [6.07, 6.45) is -0.263. The van der Waals surface area contributed by atoms with Crippen molar-refractivity contribution in [3.05, 3.63) is 29.8 Å². The third-order valence-electron chi connectivity index (χ3n) is 4.16. The number of carbonyl (C=O) groups is 2. The number of para-hydroxylation sites is 1. The molecule has 0 aromatic heterocycles. The molecule has 3 atom stereocenters. The zero-order valence-corrected chi connectivity index (χ0v) is 11.6. The highest BCUT2D eigenvalue weighted by Crippen LogP contribution is 2.32. The standard InChI is InChI=1S/C15H19N3O3/c19-13-8-16-6-9(13)7-17-15(21)11-5-14(20)18-12-4-2-1-3-10(11)12/h1-4,9,11,13,16,19H,5-8H2,(H,17,21)(H,18,20). The summed E-state index contributed by atoms with van der Waals surface area (Å²) in [7, 11) is 0. The second-order valence-corrected chi connectivity index (χ2v) is 5.62. The molecule has 0 aliphatic carbocycles. The van der Waals surface area contributed by atoms with Crippen LogP contribution in [0.15, 0.2) is 24.3 Å². The quantitative estimate of drug-likeness (QED) is 0.621. The summed E-state index contributed by atoms with van der Waals surface area (Å²) in [4.78, 5) is 24.1. The van der Waals surface area contributed by atoms with Gasteiger partial charge in [0.15, 0.2) is 0 Å². The predicted molar refractivity (Wildman–Crippen MR) is 77.8 cm³/mol. The van der Waals surface area contributed by atoms with E-state index in [-0.39, 0.29) is 24.2 Å². The van der Waals surface area contributed by atoms with Crippen molar-refractivity contribution in [2.24, 2.45) is 5.92 Å².